The molecule has 0 unspecified atom stereocenters. The Bertz CT molecular complexity index is 196. The molecule has 0 N–H and O–H groups in total. The van der Waals surface area contributed by atoms with Crippen molar-refractivity contribution in [3.63, 3.8) is 0 Å². The molecule has 0 amide bonds. The van der Waals surface area contributed by atoms with Gasteiger partial charge in [0.2, 0.25) is 5.92 Å². The largest absolute Gasteiger partial charge is 0.303 e. The van der Waals surface area contributed by atoms with E-state index < -0.39 is 5.92 Å². The van der Waals surface area contributed by atoms with Crippen LogP contribution in [0.3, 0.4) is 0 Å². The number of hydrogen-bond donors (Lipinski definition) is 0. The average molecular weight is 233 g/mol. The maximum absolute atomic E-state index is 13.1. The summed E-state index contributed by atoms with van der Waals surface area (Å²) in [6.07, 6.45) is 2.34. The number of halogens is 2. The topological polar surface area (TPSA) is 3.24 Å². The van der Waals surface area contributed by atoms with Crippen molar-refractivity contribution in [3.8, 4) is 0 Å². The lowest BCUT2D eigenvalue weighted by molar-refractivity contribution is -0.0223. The molecule has 0 radical (unpaired) electrons. The van der Waals surface area contributed by atoms with Crippen LogP contribution in [-0.2, 0) is 0 Å². The van der Waals surface area contributed by atoms with Crippen molar-refractivity contribution in [1.82, 2.24) is 4.90 Å². The van der Waals surface area contributed by atoms with Crippen molar-refractivity contribution in [2.45, 2.75) is 52.4 Å². The van der Waals surface area contributed by atoms with Gasteiger partial charge in [-0.25, -0.2) is 8.78 Å². The van der Waals surface area contributed by atoms with Gasteiger partial charge in [-0.3, -0.25) is 0 Å². The van der Waals surface area contributed by atoms with Gasteiger partial charge in [-0.05, 0) is 37.8 Å². The first kappa shape index (κ1) is 13.9. The predicted octanol–water partition coefficient (Wildman–Crippen LogP) is 3.79. The Balaban J connectivity index is 2.22. The second kappa shape index (κ2) is 5.95. The minimum Gasteiger partial charge on any atom is -0.303 e. The molecule has 96 valence electrons. The molecule has 1 aliphatic rings. The molecule has 0 saturated carbocycles. The van der Waals surface area contributed by atoms with Crippen LogP contribution in [0.2, 0.25) is 0 Å². The van der Waals surface area contributed by atoms with Crippen molar-refractivity contribution < 1.29 is 8.78 Å². The fraction of sp³-hybridized carbons (Fsp3) is 1.00. The van der Waals surface area contributed by atoms with Crippen LogP contribution in [0.1, 0.15) is 46.5 Å². The van der Waals surface area contributed by atoms with Gasteiger partial charge in [0.25, 0.3) is 0 Å². The minimum atomic E-state index is -2.46. The maximum Gasteiger partial charge on any atom is 0.249 e. The quantitative estimate of drug-likeness (QED) is 0.698. The van der Waals surface area contributed by atoms with E-state index in [1.165, 1.54) is 12.8 Å². The van der Waals surface area contributed by atoms with E-state index in [1.54, 1.807) is 6.92 Å². The zero-order valence-corrected chi connectivity index (χ0v) is 10.8. The van der Waals surface area contributed by atoms with E-state index in [9.17, 15) is 8.78 Å². The molecule has 1 saturated heterocycles. The predicted molar refractivity (Wildman–Crippen MR) is 63.9 cm³/mol. The second-order valence-corrected chi connectivity index (χ2v) is 5.38. The van der Waals surface area contributed by atoms with E-state index in [2.05, 4.69) is 18.7 Å². The molecule has 0 bridgehead atoms. The van der Waals surface area contributed by atoms with E-state index in [0.29, 0.717) is 6.54 Å². The van der Waals surface area contributed by atoms with Crippen molar-refractivity contribution in [2.24, 2.45) is 11.8 Å². The number of alkyl halides is 2. The lowest BCUT2D eigenvalue weighted by atomic mass is 9.86. The summed E-state index contributed by atoms with van der Waals surface area (Å²) < 4.78 is 26.2. The Labute approximate surface area is 98.2 Å². The van der Waals surface area contributed by atoms with Gasteiger partial charge in [0.05, 0.1) is 0 Å². The first-order chi connectivity index (χ1) is 7.44. The highest BCUT2D eigenvalue weighted by molar-refractivity contribution is 4.76. The third-order valence-corrected chi connectivity index (χ3v) is 3.89. The molecule has 1 rings (SSSR count). The molecular formula is C13H25F2N. The summed E-state index contributed by atoms with van der Waals surface area (Å²) in [7, 11) is 0. The molecule has 0 aromatic heterocycles. The van der Waals surface area contributed by atoms with Gasteiger partial charge in [-0.15, -0.1) is 0 Å². The number of hydrogen-bond acceptors (Lipinski definition) is 1. The SMILES string of the molecule is CCC(F)(F)CCN1CCC(C(C)C)CC1. The number of likely N-dealkylation sites (tertiary alicyclic amines) is 1. The van der Waals surface area contributed by atoms with Crippen LogP contribution in [0.5, 0.6) is 0 Å². The van der Waals surface area contributed by atoms with Gasteiger partial charge >= 0.3 is 0 Å². The van der Waals surface area contributed by atoms with E-state index in [4.69, 9.17) is 0 Å². The number of piperidine rings is 1. The Morgan fingerprint density at radius 1 is 1.25 bits per heavy atom. The normalized spacial score (nSPS) is 20.6. The monoisotopic (exact) mass is 233 g/mol. The smallest absolute Gasteiger partial charge is 0.249 e. The van der Waals surface area contributed by atoms with E-state index in [0.717, 1.165) is 24.9 Å². The third-order valence-electron chi connectivity index (χ3n) is 3.89. The van der Waals surface area contributed by atoms with Crippen LogP contribution in [0.15, 0.2) is 0 Å². The highest BCUT2D eigenvalue weighted by atomic mass is 19.3. The highest BCUT2D eigenvalue weighted by Crippen LogP contribution is 2.27. The van der Waals surface area contributed by atoms with Gasteiger partial charge in [0.1, 0.15) is 0 Å². The molecule has 1 aliphatic heterocycles. The zero-order valence-electron chi connectivity index (χ0n) is 10.8. The number of nitrogens with zero attached hydrogens (tertiary/aromatic N) is 1. The Morgan fingerprint density at radius 2 is 1.81 bits per heavy atom. The van der Waals surface area contributed by atoms with Gasteiger partial charge in [-0.2, -0.15) is 0 Å². The van der Waals surface area contributed by atoms with Crippen LogP contribution in [-0.4, -0.2) is 30.5 Å². The highest BCUT2D eigenvalue weighted by Gasteiger charge is 2.28. The van der Waals surface area contributed by atoms with Gasteiger partial charge < -0.3 is 4.90 Å². The first-order valence-corrected chi connectivity index (χ1v) is 6.55. The molecule has 1 heterocycles. The van der Waals surface area contributed by atoms with Crippen LogP contribution in [0.4, 0.5) is 8.78 Å². The van der Waals surface area contributed by atoms with Crippen molar-refractivity contribution >= 4 is 0 Å². The average Bonchev–Trinajstić information content (AvgIpc) is 2.27. The Morgan fingerprint density at radius 3 is 2.25 bits per heavy atom. The van der Waals surface area contributed by atoms with Gasteiger partial charge in [-0.1, -0.05) is 20.8 Å². The van der Waals surface area contributed by atoms with Gasteiger partial charge in [0.15, 0.2) is 0 Å². The van der Waals surface area contributed by atoms with Crippen LogP contribution in [0, 0.1) is 11.8 Å². The summed E-state index contributed by atoms with van der Waals surface area (Å²) in [5.74, 6) is -0.934. The third kappa shape index (κ3) is 4.36. The van der Waals surface area contributed by atoms with E-state index in [-0.39, 0.29) is 12.8 Å². The van der Waals surface area contributed by atoms with Crippen LogP contribution in [0.25, 0.3) is 0 Å². The molecule has 0 spiro atoms. The molecular weight excluding hydrogens is 208 g/mol. The summed E-state index contributed by atoms with van der Waals surface area (Å²) in [6.45, 7) is 8.64. The lowest BCUT2D eigenvalue weighted by Crippen LogP contribution is -2.37. The van der Waals surface area contributed by atoms with Gasteiger partial charge in [0, 0.05) is 19.4 Å². The summed E-state index contributed by atoms with van der Waals surface area (Å²) in [6, 6.07) is 0. The van der Waals surface area contributed by atoms with E-state index >= 15 is 0 Å². The fourth-order valence-corrected chi connectivity index (χ4v) is 2.34. The Hall–Kier alpha value is -0.180. The lowest BCUT2D eigenvalue weighted by Gasteiger charge is -2.34. The molecule has 3 heteroatoms. The molecule has 0 aromatic rings. The molecule has 0 aromatic carbocycles. The minimum absolute atomic E-state index is 0.0237. The molecule has 1 nitrogen and oxygen atoms in total. The molecule has 16 heavy (non-hydrogen) atoms. The summed E-state index contributed by atoms with van der Waals surface area (Å²) >= 11 is 0. The standard InChI is InChI=1S/C13H25F2N/c1-4-13(14,15)7-10-16-8-5-12(6-9-16)11(2)3/h11-12H,4-10H2,1-3H3. The van der Waals surface area contributed by atoms with Crippen molar-refractivity contribution in [3.05, 3.63) is 0 Å². The summed E-state index contributed by atoms with van der Waals surface area (Å²) in [4.78, 5) is 2.20. The van der Waals surface area contributed by atoms with Crippen LogP contribution < -0.4 is 0 Å². The zero-order chi connectivity index (χ0) is 12.2. The molecule has 0 aliphatic carbocycles. The van der Waals surface area contributed by atoms with Crippen molar-refractivity contribution in [2.75, 3.05) is 19.6 Å². The Kier molecular flexibility index (Phi) is 5.16. The fourth-order valence-electron chi connectivity index (χ4n) is 2.34. The molecule has 1 fully saturated rings. The second-order valence-electron chi connectivity index (χ2n) is 5.38. The van der Waals surface area contributed by atoms with Crippen LogP contribution >= 0.6 is 0 Å². The maximum atomic E-state index is 13.1. The van der Waals surface area contributed by atoms with Crippen molar-refractivity contribution in [1.29, 1.82) is 0 Å². The van der Waals surface area contributed by atoms with E-state index in [1.807, 2.05) is 0 Å². The first-order valence-electron chi connectivity index (χ1n) is 6.55. The summed E-state index contributed by atoms with van der Waals surface area (Å²) in [5.41, 5.74) is 0. The number of rotatable bonds is 5. The summed E-state index contributed by atoms with van der Waals surface area (Å²) in [5, 5.41) is 0. The molecule has 0 atom stereocenters.